The molecule has 0 bridgehead atoms. The summed E-state index contributed by atoms with van der Waals surface area (Å²) in [6.07, 6.45) is 6.83. The van der Waals surface area contributed by atoms with Crippen LogP contribution in [0.3, 0.4) is 0 Å². The lowest BCUT2D eigenvalue weighted by Crippen LogP contribution is -2.25. The number of carboxylic acids is 1. The molecule has 2 aromatic heterocycles. The molecular weight excluding hydrogens is 394 g/mol. The van der Waals surface area contributed by atoms with Crippen molar-refractivity contribution in [1.29, 1.82) is 0 Å². The van der Waals surface area contributed by atoms with Gasteiger partial charge in [-0.3, -0.25) is 0 Å². The maximum atomic E-state index is 12.4. The Morgan fingerprint density at radius 2 is 1.71 bits per heavy atom. The minimum Gasteiger partial charge on any atom is -0.479 e. The first kappa shape index (κ1) is 24.3. The third kappa shape index (κ3) is 6.00. The number of aliphatic carboxylic acids is 1. The van der Waals surface area contributed by atoms with E-state index >= 15 is 0 Å². The molecule has 0 saturated carbocycles. The number of benzene rings is 1. The summed E-state index contributed by atoms with van der Waals surface area (Å²) in [5.74, 6) is -0.943. The Kier molecular flexibility index (Phi) is 9.38. The van der Waals surface area contributed by atoms with Gasteiger partial charge >= 0.3 is 11.9 Å². The molecule has 0 aliphatic heterocycles. The van der Waals surface area contributed by atoms with E-state index < -0.39 is 12.1 Å². The second-order valence-corrected chi connectivity index (χ2v) is 7.29. The Bertz CT molecular complexity index is 1000. The fourth-order valence-corrected chi connectivity index (χ4v) is 3.38. The average molecular weight is 428 g/mol. The summed E-state index contributed by atoms with van der Waals surface area (Å²) in [6, 6.07) is 10.7. The van der Waals surface area contributed by atoms with Crippen LogP contribution in [0, 0.1) is 0 Å². The fraction of sp³-hybridized carbons (Fsp3) is 0.440. The predicted molar refractivity (Wildman–Crippen MR) is 123 cm³/mol. The van der Waals surface area contributed by atoms with E-state index in [1.165, 1.54) is 25.7 Å². The molecule has 3 rings (SSSR count). The number of hydrogen-bond donors (Lipinski definition) is 1. The van der Waals surface area contributed by atoms with E-state index in [0.717, 1.165) is 16.4 Å². The smallest absolute Gasteiger partial charge is 0.344 e. The van der Waals surface area contributed by atoms with Crippen LogP contribution in [0.15, 0.2) is 42.6 Å². The zero-order valence-electron chi connectivity index (χ0n) is 18.9. The average Bonchev–Trinajstić information content (AvgIpc) is 3.10. The van der Waals surface area contributed by atoms with Gasteiger partial charge in [0.15, 0.2) is 6.10 Å². The van der Waals surface area contributed by atoms with Crippen LogP contribution in [-0.4, -0.2) is 34.2 Å². The second-order valence-electron chi connectivity index (χ2n) is 7.29. The molecule has 0 radical (unpaired) electrons. The van der Waals surface area contributed by atoms with Crippen molar-refractivity contribution >= 4 is 28.4 Å². The highest BCUT2D eigenvalue weighted by atomic mass is 16.5. The van der Waals surface area contributed by atoms with Gasteiger partial charge in [-0.1, -0.05) is 52.5 Å². The normalized spacial score (nSPS) is 11.6. The Morgan fingerprint density at radius 1 is 1.00 bits per heavy atom. The Labute approximate surface area is 183 Å². The fourth-order valence-electron chi connectivity index (χ4n) is 3.38. The van der Waals surface area contributed by atoms with Gasteiger partial charge in [-0.25, -0.2) is 9.59 Å². The molecule has 1 unspecified atom stereocenters. The van der Waals surface area contributed by atoms with Gasteiger partial charge in [0.2, 0.25) is 0 Å². The van der Waals surface area contributed by atoms with Gasteiger partial charge in [-0.05, 0) is 37.6 Å². The number of pyridine rings is 1. The molecule has 6 heteroatoms. The van der Waals surface area contributed by atoms with Crippen molar-refractivity contribution < 1.29 is 24.2 Å². The summed E-state index contributed by atoms with van der Waals surface area (Å²) in [5, 5.41) is 9.90. The lowest BCUT2D eigenvalue weighted by Gasteiger charge is -2.13. The van der Waals surface area contributed by atoms with Crippen LogP contribution in [0.4, 0.5) is 0 Å². The van der Waals surface area contributed by atoms with Gasteiger partial charge in [0, 0.05) is 17.6 Å². The van der Waals surface area contributed by atoms with E-state index in [4.69, 9.17) is 14.6 Å². The third-order valence-electron chi connectivity index (χ3n) is 4.98. The second kappa shape index (κ2) is 12.0. The molecule has 1 N–H and O–H groups in total. The zero-order valence-corrected chi connectivity index (χ0v) is 18.9. The van der Waals surface area contributed by atoms with Crippen LogP contribution in [0.25, 0.3) is 16.4 Å². The molecule has 6 nitrogen and oxygen atoms in total. The topological polar surface area (TPSA) is 77.2 Å². The molecule has 3 aromatic rings. The van der Waals surface area contributed by atoms with Crippen LogP contribution >= 0.6 is 0 Å². The quantitative estimate of drug-likeness (QED) is 0.330. The first-order valence-electron chi connectivity index (χ1n) is 11.1. The van der Waals surface area contributed by atoms with Gasteiger partial charge in [-0.15, -0.1) is 0 Å². The van der Waals surface area contributed by atoms with Crippen molar-refractivity contribution in [3.05, 3.63) is 48.2 Å². The van der Waals surface area contributed by atoms with Gasteiger partial charge in [-0.2, -0.15) is 0 Å². The Morgan fingerprint density at radius 3 is 2.29 bits per heavy atom. The standard InChI is InChI=1S/C19H19NO5.C6H14/c1-3-16(18(21)22)25-12-8-9-13-15(11-12)20-10-6-5-7-14(20)17(13)19(23)24-4-2;1-3-5-6-4-2/h5-11,16H,3-4H2,1-2H3,(H,21,22);3-6H2,1-2H3. The van der Waals surface area contributed by atoms with E-state index in [2.05, 4.69) is 13.8 Å². The summed E-state index contributed by atoms with van der Waals surface area (Å²) in [6.45, 7) is 8.28. The molecule has 168 valence electrons. The van der Waals surface area contributed by atoms with Crippen LogP contribution in [-0.2, 0) is 9.53 Å². The number of unbranched alkanes of at least 4 members (excludes halogenated alkanes) is 3. The van der Waals surface area contributed by atoms with Crippen LogP contribution in [0.5, 0.6) is 5.75 Å². The molecule has 0 spiro atoms. The van der Waals surface area contributed by atoms with E-state index in [9.17, 15) is 9.59 Å². The summed E-state index contributed by atoms with van der Waals surface area (Å²) in [4.78, 5) is 23.6. The SMILES string of the molecule is CCCCCC.CCOC(=O)c1c2ccc(OC(CC)C(=O)O)cc2n2ccccc12. The molecule has 0 amide bonds. The number of carbonyl (C=O) groups is 2. The minimum atomic E-state index is -1.00. The molecule has 0 aliphatic carbocycles. The molecule has 0 saturated heterocycles. The number of esters is 1. The monoisotopic (exact) mass is 427 g/mol. The van der Waals surface area contributed by atoms with Gasteiger partial charge in [0.1, 0.15) is 5.75 Å². The van der Waals surface area contributed by atoms with Crippen molar-refractivity contribution in [1.82, 2.24) is 4.40 Å². The number of carbonyl (C=O) groups excluding carboxylic acids is 1. The van der Waals surface area contributed by atoms with Crippen LogP contribution in [0.1, 0.15) is 70.2 Å². The first-order chi connectivity index (χ1) is 15.0. The van der Waals surface area contributed by atoms with Gasteiger partial charge in [0.25, 0.3) is 0 Å². The molecule has 0 fully saturated rings. The van der Waals surface area contributed by atoms with Crippen molar-refractivity contribution in [3.63, 3.8) is 0 Å². The zero-order chi connectivity index (χ0) is 22.8. The number of rotatable bonds is 9. The maximum Gasteiger partial charge on any atom is 0.344 e. The van der Waals surface area contributed by atoms with Crippen molar-refractivity contribution in [2.75, 3.05) is 6.61 Å². The number of nitrogens with zero attached hydrogens (tertiary/aromatic N) is 1. The summed E-state index contributed by atoms with van der Waals surface area (Å²) in [5.41, 5.74) is 1.99. The number of hydrogen-bond acceptors (Lipinski definition) is 4. The lowest BCUT2D eigenvalue weighted by molar-refractivity contribution is -0.145. The minimum absolute atomic E-state index is 0.294. The number of aromatic nitrogens is 1. The molecule has 31 heavy (non-hydrogen) atoms. The maximum absolute atomic E-state index is 12.4. The van der Waals surface area contributed by atoms with Crippen molar-refractivity contribution in [3.8, 4) is 5.75 Å². The molecule has 2 heterocycles. The van der Waals surface area contributed by atoms with Crippen LogP contribution < -0.4 is 4.74 Å². The van der Waals surface area contributed by atoms with Gasteiger partial charge in [0.05, 0.1) is 23.2 Å². The lowest BCUT2D eigenvalue weighted by atomic mass is 10.1. The molecule has 0 aliphatic rings. The summed E-state index contributed by atoms with van der Waals surface area (Å²) < 4.78 is 12.6. The van der Waals surface area contributed by atoms with E-state index in [1.807, 2.05) is 28.8 Å². The predicted octanol–water partition coefficient (Wildman–Crippen LogP) is 6.10. The Balaban J connectivity index is 0.000000501. The third-order valence-corrected chi connectivity index (χ3v) is 4.98. The molecule has 1 aromatic carbocycles. The van der Waals surface area contributed by atoms with Crippen molar-refractivity contribution in [2.24, 2.45) is 0 Å². The van der Waals surface area contributed by atoms with Crippen LogP contribution in [0.2, 0.25) is 0 Å². The number of carboxylic acid groups (broad SMARTS) is 1. The first-order valence-corrected chi connectivity index (χ1v) is 11.1. The summed E-state index contributed by atoms with van der Waals surface area (Å²) in [7, 11) is 0. The van der Waals surface area contributed by atoms with Gasteiger partial charge < -0.3 is 19.0 Å². The van der Waals surface area contributed by atoms with E-state index in [0.29, 0.717) is 24.3 Å². The molecule has 1 atom stereocenters. The van der Waals surface area contributed by atoms with Crippen molar-refractivity contribution in [2.45, 2.75) is 65.9 Å². The Hall–Kier alpha value is -3.02. The van der Waals surface area contributed by atoms with E-state index in [-0.39, 0.29) is 5.97 Å². The highest BCUT2D eigenvalue weighted by Crippen LogP contribution is 2.30. The number of fused-ring (bicyclic) bond motifs is 3. The summed E-state index contributed by atoms with van der Waals surface area (Å²) >= 11 is 0. The highest BCUT2D eigenvalue weighted by Gasteiger charge is 2.21. The molecular formula is C25H33NO5. The highest BCUT2D eigenvalue weighted by molar-refractivity contribution is 6.11. The largest absolute Gasteiger partial charge is 0.479 e. The van der Waals surface area contributed by atoms with E-state index in [1.54, 1.807) is 32.0 Å². The number of ether oxygens (including phenoxy) is 2.